The third-order valence-corrected chi connectivity index (χ3v) is 2.04. The van der Waals surface area contributed by atoms with Crippen LogP contribution < -0.4 is 5.32 Å². The van der Waals surface area contributed by atoms with E-state index < -0.39 is 33.8 Å². The van der Waals surface area contributed by atoms with Crippen molar-refractivity contribution < 1.29 is 18.7 Å². The molecule has 1 aromatic rings. The van der Waals surface area contributed by atoms with Gasteiger partial charge in [-0.25, -0.2) is 8.78 Å². The van der Waals surface area contributed by atoms with Gasteiger partial charge < -0.3 is 10.4 Å². The second kappa shape index (κ2) is 4.55. The number of hydrogen-bond acceptors (Lipinski definition) is 3. The maximum Gasteiger partial charge on any atom is 0.183 e. The minimum Gasteiger partial charge on any atom is -0.504 e. The zero-order valence-electron chi connectivity index (χ0n) is 7.77. The van der Waals surface area contributed by atoms with Crippen molar-refractivity contribution in [3.05, 3.63) is 28.3 Å². The highest BCUT2D eigenvalue weighted by molar-refractivity contribution is 6.31. The molecule has 0 unspecified atom stereocenters. The molecule has 0 bridgehead atoms. The summed E-state index contributed by atoms with van der Waals surface area (Å²) in [5.74, 6) is -4.03. The average molecular weight is 236 g/mol. The third kappa shape index (κ3) is 2.24. The minimum atomic E-state index is -1.12. The molecule has 2 N–H and O–H groups in total. The molecule has 0 radical (unpaired) electrons. The maximum absolute atomic E-state index is 13.3. The second-order valence-electron chi connectivity index (χ2n) is 2.83. The normalized spacial score (nSPS) is 10.4. The standard InChI is InChI=1S/C9H8ClF2NO2/c1-13-3-6(14)7-8(12)4(10)2-5(11)9(7)15/h2,13,15H,3H2,1H3. The van der Waals surface area contributed by atoms with E-state index in [-0.39, 0.29) is 6.54 Å². The number of hydrogen-bond donors (Lipinski definition) is 2. The number of phenolic OH excluding ortho intramolecular Hbond substituents is 1. The van der Waals surface area contributed by atoms with Crippen LogP contribution in [0.2, 0.25) is 5.02 Å². The largest absolute Gasteiger partial charge is 0.504 e. The van der Waals surface area contributed by atoms with Gasteiger partial charge in [-0.2, -0.15) is 0 Å². The lowest BCUT2D eigenvalue weighted by Gasteiger charge is -2.07. The predicted octanol–water partition coefficient (Wildman–Crippen LogP) is 1.73. The third-order valence-electron chi connectivity index (χ3n) is 1.76. The lowest BCUT2D eigenvalue weighted by Crippen LogP contribution is -2.20. The summed E-state index contributed by atoms with van der Waals surface area (Å²) >= 11 is 5.34. The van der Waals surface area contributed by atoms with Crippen molar-refractivity contribution >= 4 is 17.4 Å². The summed E-state index contributed by atoms with van der Waals surface area (Å²) in [6.07, 6.45) is 0. The van der Waals surface area contributed by atoms with Crippen LogP contribution in [0, 0.1) is 11.6 Å². The Morgan fingerprint density at radius 1 is 1.60 bits per heavy atom. The zero-order valence-corrected chi connectivity index (χ0v) is 8.53. The number of nitrogens with one attached hydrogen (secondary N) is 1. The Morgan fingerprint density at radius 2 is 2.20 bits per heavy atom. The van der Waals surface area contributed by atoms with Crippen molar-refractivity contribution in [3.63, 3.8) is 0 Å². The van der Waals surface area contributed by atoms with Crippen LogP contribution in [0.3, 0.4) is 0 Å². The summed E-state index contributed by atoms with van der Waals surface area (Å²) in [6, 6.07) is 0.613. The summed E-state index contributed by atoms with van der Waals surface area (Å²) in [5.41, 5.74) is -0.727. The van der Waals surface area contributed by atoms with Crippen LogP contribution in [0.25, 0.3) is 0 Å². The molecule has 0 aromatic heterocycles. The molecule has 0 aliphatic rings. The molecule has 1 aromatic carbocycles. The van der Waals surface area contributed by atoms with Gasteiger partial charge in [-0.15, -0.1) is 0 Å². The minimum absolute atomic E-state index is 0.218. The molecule has 0 heterocycles. The molecule has 82 valence electrons. The van der Waals surface area contributed by atoms with Gasteiger partial charge in [0, 0.05) is 0 Å². The molecule has 0 spiro atoms. The fourth-order valence-electron chi connectivity index (χ4n) is 1.09. The van der Waals surface area contributed by atoms with Crippen LogP contribution in [0.4, 0.5) is 8.78 Å². The zero-order chi connectivity index (χ0) is 11.6. The molecule has 1 rings (SSSR count). The highest BCUT2D eigenvalue weighted by atomic mass is 35.5. The number of carbonyl (C=O) groups excluding carboxylic acids is 1. The van der Waals surface area contributed by atoms with E-state index in [1.165, 1.54) is 7.05 Å². The van der Waals surface area contributed by atoms with Crippen molar-refractivity contribution in [2.75, 3.05) is 13.6 Å². The van der Waals surface area contributed by atoms with Crippen molar-refractivity contribution in [2.24, 2.45) is 0 Å². The molecule has 0 saturated heterocycles. The summed E-state index contributed by atoms with van der Waals surface area (Å²) in [5, 5.41) is 11.1. The van der Waals surface area contributed by atoms with Gasteiger partial charge in [-0.3, -0.25) is 4.79 Å². The Labute approximate surface area is 89.7 Å². The molecule has 0 saturated carbocycles. The number of phenols is 1. The van der Waals surface area contributed by atoms with Gasteiger partial charge >= 0.3 is 0 Å². The first-order valence-electron chi connectivity index (χ1n) is 4.03. The molecule has 0 atom stereocenters. The highest BCUT2D eigenvalue weighted by Gasteiger charge is 2.22. The number of benzene rings is 1. The molecule has 15 heavy (non-hydrogen) atoms. The Kier molecular flexibility index (Phi) is 3.60. The summed E-state index contributed by atoms with van der Waals surface area (Å²) in [4.78, 5) is 11.3. The van der Waals surface area contributed by atoms with Gasteiger partial charge in [0.2, 0.25) is 0 Å². The molecule has 0 aliphatic heterocycles. The van der Waals surface area contributed by atoms with Gasteiger partial charge in [0.1, 0.15) is 5.56 Å². The van der Waals surface area contributed by atoms with E-state index in [4.69, 9.17) is 11.6 Å². The SMILES string of the molecule is CNCC(=O)c1c(O)c(F)cc(Cl)c1F. The first-order chi connectivity index (χ1) is 6.99. The fourth-order valence-corrected chi connectivity index (χ4v) is 1.28. The Morgan fingerprint density at radius 3 is 2.73 bits per heavy atom. The van der Waals surface area contributed by atoms with Crippen LogP contribution in [0.1, 0.15) is 10.4 Å². The van der Waals surface area contributed by atoms with Gasteiger partial charge in [0.15, 0.2) is 23.2 Å². The monoisotopic (exact) mass is 235 g/mol. The van der Waals surface area contributed by atoms with E-state index in [1.807, 2.05) is 0 Å². The van der Waals surface area contributed by atoms with Crippen LogP contribution in [0.5, 0.6) is 5.75 Å². The van der Waals surface area contributed by atoms with Gasteiger partial charge in [0.25, 0.3) is 0 Å². The average Bonchev–Trinajstić information content (AvgIpc) is 2.16. The Balaban J connectivity index is 3.32. The quantitative estimate of drug-likeness (QED) is 0.620. The van der Waals surface area contributed by atoms with Crippen LogP contribution in [0.15, 0.2) is 6.07 Å². The smallest absolute Gasteiger partial charge is 0.183 e. The molecule has 0 amide bonds. The molecule has 3 nitrogen and oxygen atoms in total. The number of aromatic hydroxyl groups is 1. The molecule has 0 fully saturated rings. The van der Waals surface area contributed by atoms with E-state index in [0.717, 1.165) is 0 Å². The molecule has 0 aliphatic carbocycles. The number of carbonyl (C=O) groups is 1. The Hall–Kier alpha value is -1.20. The van der Waals surface area contributed by atoms with Crippen molar-refractivity contribution in [1.82, 2.24) is 5.32 Å². The summed E-state index contributed by atoms with van der Waals surface area (Å²) < 4.78 is 26.3. The topological polar surface area (TPSA) is 49.3 Å². The lowest BCUT2D eigenvalue weighted by molar-refractivity contribution is 0.0986. The molecule has 6 heteroatoms. The molecular weight excluding hydrogens is 228 g/mol. The number of likely N-dealkylation sites (N-methyl/N-ethyl adjacent to an activating group) is 1. The number of halogens is 3. The second-order valence-corrected chi connectivity index (χ2v) is 3.24. The first kappa shape index (κ1) is 11.9. The van der Waals surface area contributed by atoms with E-state index in [2.05, 4.69) is 5.32 Å². The fraction of sp³-hybridized carbons (Fsp3) is 0.222. The van der Waals surface area contributed by atoms with Gasteiger partial charge in [-0.05, 0) is 13.1 Å². The van der Waals surface area contributed by atoms with Crippen molar-refractivity contribution in [3.8, 4) is 5.75 Å². The van der Waals surface area contributed by atoms with Crippen molar-refractivity contribution in [2.45, 2.75) is 0 Å². The van der Waals surface area contributed by atoms with Gasteiger partial charge in [-0.1, -0.05) is 11.6 Å². The number of ketones is 1. The summed E-state index contributed by atoms with van der Waals surface area (Å²) in [6.45, 7) is -0.218. The van der Waals surface area contributed by atoms with E-state index >= 15 is 0 Å². The first-order valence-corrected chi connectivity index (χ1v) is 4.41. The lowest BCUT2D eigenvalue weighted by atomic mass is 10.1. The molecular formula is C9H8ClF2NO2. The van der Waals surface area contributed by atoms with E-state index in [1.54, 1.807) is 0 Å². The van der Waals surface area contributed by atoms with E-state index in [0.29, 0.717) is 6.07 Å². The predicted molar refractivity (Wildman–Crippen MR) is 51.3 cm³/mol. The van der Waals surface area contributed by atoms with Crippen LogP contribution >= 0.6 is 11.6 Å². The van der Waals surface area contributed by atoms with Crippen molar-refractivity contribution in [1.29, 1.82) is 0 Å². The summed E-state index contributed by atoms with van der Waals surface area (Å²) in [7, 11) is 1.47. The maximum atomic E-state index is 13.3. The number of Topliss-reactive ketones (excluding diaryl/α,β-unsaturated/α-hetero) is 1. The van der Waals surface area contributed by atoms with Crippen LogP contribution in [-0.4, -0.2) is 24.5 Å². The Bertz CT molecular complexity index is 383. The van der Waals surface area contributed by atoms with Gasteiger partial charge in [0.05, 0.1) is 11.6 Å². The van der Waals surface area contributed by atoms with E-state index in [9.17, 15) is 18.7 Å². The van der Waals surface area contributed by atoms with Crippen LogP contribution in [-0.2, 0) is 0 Å². The highest BCUT2D eigenvalue weighted by Crippen LogP contribution is 2.29. The number of rotatable bonds is 3.